The van der Waals surface area contributed by atoms with Crippen LogP contribution in [-0.2, 0) is 32.9 Å². The molecule has 1 aliphatic rings. The fourth-order valence-electron chi connectivity index (χ4n) is 3.77. The lowest BCUT2D eigenvalue weighted by Crippen LogP contribution is -2.37. The molecule has 0 bridgehead atoms. The van der Waals surface area contributed by atoms with Gasteiger partial charge in [0.15, 0.2) is 0 Å². The number of carbonyl (C=O) groups excluding carboxylic acids is 2. The minimum absolute atomic E-state index is 0.0189. The maximum Gasteiger partial charge on any atom is 0.422 e. The zero-order valence-corrected chi connectivity index (χ0v) is 19.2. The first-order chi connectivity index (χ1) is 16.4. The average Bonchev–Trinajstić information content (AvgIpc) is 3.53. The van der Waals surface area contributed by atoms with Gasteiger partial charge in [-0.2, -0.15) is 8.42 Å². The molecule has 2 aromatic carbocycles. The van der Waals surface area contributed by atoms with Crippen molar-refractivity contribution < 1.29 is 27.5 Å². The Morgan fingerprint density at radius 2 is 1.56 bits per heavy atom. The van der Waals surface area contributed by atoms with Crippen LogP contribution in [0.4, 0.5) is 4.79 Å². The lowest BCUT2D eigenvalue weighted by molar-refractivity contribution is 0.0462. The lowest BCUT2D eigenvalue weighted by Gasteiger charge is -2.15. The van der Waals surface area contributed by atoms with Crippen molar-refractivity contribution in [3.05, 3.63) is 95.3 Å². The van der Waals surface area contributed by atoms with Crippen LogP contribution in [0.2, 0.25) is 0 Å². The Hall–Kier alpha value is -3.63. The van der Waals surface area contributed by atoms with Gasteiger partial charge in [-0.05, 0) is 36.6 Å². The zero-order valence-electron chi connectivity index (χ0n) is 18.3. The molecule has 0 saturated carbocycles. The van der Waals surface area contributed by atoms with Crippen LogP contribution >= 0.6 is 0 Å². The molecule has 1 amide bonds. The molecule has 3 aromatic rings. The van der Waals surface area contributed by atoms with Crippen LogP contribution in [0.5, 0.6) is 0 Å². The van der Waals surface area contributed by atoms with Gasteiger partial charge in [0.05, 0.1) is 0 Å². The highest BCUT2D eigenvalue weighted by atomic mass is 32.2. The van der Waals surface area contributed by atoms with Gasteiger partial charge < -0.3 is 14.8 Å². The van der Waals surface area contributed by atoms with Crippen molar-refractivity contribution >= 4 is 22.3 Å². The molecule has 1 unspecified atom stereocenters. The summed E-state index contributed by atoms with van der Waals surface area (Å²) in [6.07, 6.45) is 1.73. The van der Waals surface area contributed by atoms with Gasteiger partial charge in [-0.15, -0.1) is 0 Å². The molecule has 1 atom stereocenters. The van der Waals surface area contributed by atoms with Crippen molar-refractivity contribution in [2.75, 3.05) is 6.54 Å². The zero-order chi connectivity index (χ0) is 24.0. The fraction of sp³-hybridized carbons (Fsp3) is 0.250. The summed E-state index contributed by atoms with van der Waals surface area (Å²) in [4.78, 5) is 25.2. The lowest BCUT2D eigenvalue weighted by atomic mass is 10.1. The predicted molar refractivity (Wildman–Crippen MR) is 124 cm³/mol. The fourth-order valence-corrected chi connectivity index (χ4v) is 4.78. The highest BCUT2D eigenvalue weighted by Crippen LogP contribution is 2.28. The molecule has 4 rings (SSSR count). The number of hydrogen-bond donors (Lipinski definition) is 2. The average molecular weight is 484 g/mol. The molecule has 0 spiro atoms. The molecule has 0 radical (unpaired) electrons. The Balaban J connectivity index is 1.53. The summed E-state index contributed by atoms with van der Waals surface area (Å²) in [5, 5.41) is 3.26. The first-order valence-corrected chi connectivity index (χ1v) is 12.3. The smallest absolute Gasteiger partial charge is 0.422 e. The van der Waals surface area contributed by atoms with E-state index in [-0.39, 0.29) is 24.9 Å². The van der Waals surface area contributed by atoms with Crippen molar-refractivity contribution in [2.24, 2.45) is 0 Å². The predicted octanol–water partition coefficient (Wildman–Crippen LogP) is 3.29. The molecule has 1 aliphatic heterocycles. The second-order valence-corrected chi connectivity index (χ2v) is 9.34. The Labute approximate surface area is 197 Å². The minimum atomic E-state index is -4.47. The summed E-state index contributed by atoms with van der Waals surface area (Å²) in [6, 6.07) is 19.3. The van der Waals surface area contributed by atoms with Crippen LogP contribution in [0, 0.1) is 0 Å². The molecule has 178 valence electrons. The largest absolute Gasteiger partial charge is 0.456 e. The van der Waals surface area contributed by atoms with Crippen LogP contribution in [0.25, 0.3) is 0 Å². The molecule has 2 N–H and O–H groups in total. The molecular weight excluding hydrogens is 458 g/mol. The van der Waals surface area contributed by atoms with Gasteiger partial charge in [-0.25, -0.2) is 18.3 Å². The SMILES string of the molecule is O=C(NS(=O)(=O)n1ccc(C2CCCN2)c1C(=O)OCc1ccccc1)OCc1ccccc1. The van der Waals surface area contributed by atoms with E-state index >= 15 is 0 Å². The van der Waals surface area contributed by atoms with E-state index in [2.05, 4.69) is 5.32 Å². The first kappa shape index (κ1) is 23.5. The maximum atomic E-state index is 13.0. The normalized spacial score (nSPS) is 15.6. The second-order valence-electron chi connectivity index (χ2n) is 7.80. The van der Waals surface area contributed by atoms with Crippen LogP contribution < -0.4 is 10.0 Å². The third kappa shape index (κ3) is 5.64. The summed E-state index contributed by atoms with van der Waals surface area (Å²) >= 11 is 0. The van der Waals surface area contributed by atoms with Gasteiger partial charge in [0.25, 0.3) is 0 Å². The van der Waals surface area contributed by atoms with Crippen molar-refractivity contribution in [3.8, 4) is 0 Å². The number of benzene rings is 2. The number of ether oxygens (including phenoxy) is 2. The first-order valence-electron chi connectivity index (χ1n) is 10.8. The summed E-state index contributed by atoms with van der Waals surface area (Å²) in [5.74, 6) is -0.805. The van der Waals surface area contributed by atoms with Gasteiger partial charge >= 0.3 is 22.3 Å². The standard InChI is InChI=1S/C24H25N3O6S/c28-23(32-16-18-8-3-1-4-9-18)22-20(21-12-7-14-25-21)13-15-27(22)34(30,31)26-24(29)33-17-19-10-5-2-6-11-19/h1-6,8-11,13,15,21,25H,7,12,14,16-17H2,(H,26,29). The monoisotopic (exact) mass is 483 g/mol. The van der Waals surface area contributed by atoms with Crippen LogP contribution in [0.3, 0.4) is 0 Å². The highest BCUT2D eigenvalue weighted by molar-refractivity contribution is 7.88. The molecule has 1 saturated heterocycles. The van der Waals surface area contributed by atoms with Crippen LogP contribution in [0.1, 0.15) is 46.1 Å². The highest BCUT2D eigenvalue weighted by Gasteiger charge is 2.31. The van der Waals surface area contributed by atoms with E-state index in [1.54, 1.807) is 42.5 Å². The third-order valence-electron chi connectivity index (χ3n) is 5.41. The minimum Gasteiger partial charge on any atom is -0.456 e. The Bertz CT molecular complexity index is 1240. The molecule has 34 heavy (non-hydrogen) atoms. The number of nitrogens with zero attached hydrogens (tertiary/aromatic N) is 1. The molecule has 9 nitrogen and oxygen atoms in total. The Morgan fingerprint density at radius 3 is 2.15 bits per heavy atom. The second kappa shape index (κ2) is 10.5. The van der Waals surface area contributed by atoms with Crippen molar-refractivity contribution in [3.63, 3.8) is 0 Å². The number of nitrogens with one attached hydrogen (secondary N) is 2. The summed E-state index contributed by atoms with van der Waals surface area (Å²) in [7, 11) is -4.47. The van der Waals surface area contributed by atoms with E-state index in [0.717, 1.165) is 28.9 Å². The Kier molecular flexibility index (Phi) is 7.29. The van der Waals surface area contributed by atoms with Gasteiger partial charge in [0.2, 0.25) is 0 Å². The van der Waals surface area contributed by atoms with Gasteiger partial charge in [0.1, 0.15) is 18.9 Å². The number of amides is 1. The third-order valence-corrected chi connectivity index (χ3v) is 6.66. The number of hydrogen-bond acceptors (Lipinski definition) is 7. The molecular formula is C24H25N3O6S. The molecule has 0 aliphatic carbocycles. The van der Waals surface area contributed by atoms with E-state index in [1.165, 1.54) is 6.20 Å². The number of rotatable bonds is 8. The van der Waals surface area contributed by atoms with E-state index in [4.69, 9.17) is 9.47 Å². The molecule has 2 heterocycles. The topological polar surface area (TPSA) is 116 Å². The van der Waals surface area contributed by atoms with E-state index in [0.29, 0.717) is 11.1 Å². The van der Waals surface area contributed by atoms with Gasteiger partial charge in [-0.1, -0.05) is 60.7 Å². The maximum absolute atomic E-state index is 13.0. The quantitative estimate of drug-likeness (QED) is 0.472. The summed E-state index contributed by atoms with van der Waals surface area (Å²) in [5.41, 5.74) is 1.81. The Morgan fingerprint density at radius 1 is 0.941 bits per heavy atom. The van der Waals surface area contributed by atoms with E-state index in [9.17, 15) is 18.0 Å². The van der Waals surface area contributed by atoms with Gasteiger partial charge in [-0.3, -0.25) is 0 Å². The van der Waals surface area contributed by atoms with Crippen molar-refractivity contribution in [1.29, 1.82) is 0 Å². The molecule has 1 fully saturated rings. The van der Waals surface area contributed by atoms with Crippen LogP contribution in [-0.4, -0.2) is 31.0 Å². The van der Waals surface area contributed by atoms with Crippen LogP contribution in [0.15, 0.2) is 72.9 Å². The molecule has 10 heteroatoms. The van der Waals surface area contributed by atoms with Gasteiger partial charge in [0, 0.05) is 17.8 Å². The number of aromatic nitrogens is 1. The van der Waals surface area contributed by atoms with Crippen molar-refractivity contribution in [2.45, 2.75) is 32.1 Å². The number of carbonyl (C=O) groups is 2. The summed E-state index contributed by atoms with van der Waals surface area (Å²) < 4.78 is 39.1. The van der Waals surface area contributed by atoms with Crippen molar-refractivity contribution in [1.82, 2.24) is 14.0 Å². The molecule has 1 aromatic heterocycles. The number of esters is 1. The summed E-state index contributed by atoms with van der Waals surface area (Å²) in [6.45, 7) is 0.636. The van der Waals surface area contributed by atoms with E-state index in [1.807, 2.05) is 29.0 Å². The van der Waals surface area contributed by atoms with E-state index < -0.39 is 22.3 Å².